The van der Waals surface area contributed by atoms with Gasteiger partial charge in [-0.25, -0.2) is 4.31 Å². The Balaban J connectivity index is 2.23. The summed E-state index contributed by atoms with van der Waals surface area (Å²) in [6, 6.07) is 0. The van der Waals surface area contributed by atoms with E-state index in [-0.39, 0.29) is 0 Å². The minimum atomic E-state index is 1.13. The van der Waals surface area contributed by atoms with Gasteiger partial charge in [-0.3, -0.25) is 4.90 Å². The van der Waals surface area contributed by atoms with Gasteiger partial charge in [0, 0.05) is 13.1 Å². The zero-order valence-corrected chi connectivity index (χ0v) is 6.95. The first-order valence-corrected chi connectivity index (χ1v) is 4.48. The average molecular weight is 146 g/mol. The Morgan fingerprint density at radius 1 is 1.33 bits per heavy atom. The fourth-order valence-electron chi connectivity index (χ4n) is 1.08. The lowest BCUT2D eigenvalue weighted by Gasteiger charge is -2.30. The highest BCUT2D eigenvalue weighted by atomic mass is 32.2. The van der Waals surface area contributed by atoms with E-state index in [0.29, 0.717) is 0 Å². The second-order valence-corrected chi connectivity index (χ2v) is 3.34. The zero-order valence-electron chi connectivity index (χ0n) is 6.13. The van der Waals surface area contributed by atoms with Crippen LogP contribution >= 0.6 is 11.9 Å². The number of rotatable bonds is 1. The van der Waals surface area contributed by atoms with Crippen LogP contribution in [-0.2, 0) is 0 Å². The minimum Gasteiger partial charge on any atom is -0.293 e. The Labute approximate surface area is 61.3 Å². The topological polar surface area (TPSA) is 6.48 Å². The van der Waals surface area contributed by atoms with E-state index in [1.807, 2.05) is 11.9 Å². The van der Waals surface area contributed by atoms with Crippen molar-refractivity contribution in [3.63, 3.8) is 0 Å². The Morgan fingerprint density at radius 3 is 2.56 bits per heavy atom. The lowest BCUT2D eigenvalue weighted by molar-refractivity contribution is 0.190. The molecule has 0 N–H and O–H groups in total. The number of hydrogen-bond acceptors (Lipinski definition) is 3. The van der Waals surface area contributed by atoms with Crippen molar-refractivity contribution in [2.75, 3.05) is 33.1 Å². The molecule has 0 radical (unpaired) electrons. The summed E-state index contributed by atoms with van der Waals surface area (Å²) in [7, 11) is 2.17. The van der Waals surface area contributed by atoms with Gasteiger partial charge in [0.05, 0.1) is 6.67 Å². The predicted octanol–water partition coefficient (Wildman–Crippen LogP) is 0.859. The van der Waals surface area contributed by atoms with Gasteiger partial charge in [-0.05, 0) is 19.7 Å². The second-order valence-electron chi connectivity index (χ2n) is 2.46. The fraction of sp³-hybridized carbons (Fsp3) is 1.00. The third-order valence-corrected chi connectivity index (χ3v) is 2.42. The van der Waals surface area contributed by atoms with Crippen molar-refractivity contribution in [1.29, 1.82) is 0 Å². The third-order valence-electron chi connectivity index (χ3n) is 1.60. The van der Waals surface area contributed by atoms with Crippen LogP contribution in [0.5, 0.6) is 0 Å². The summed E-state index contributed by atoms with van der Waals surface area (Å²) in [6.45, 7) is 3.64. The van der Waals surface area contributed by atoms with Gasteiger partial charge in [0.1, 0.15) is 0 Å². The summed E-state index contributed by atoms with van der Waals surface area (Å²) in [4.78, 5) is 2.35. The minimum absolute atomic E-state index is 1.13. The molecule has 0 atom stereocenters. The molecule has 1 heterocycles. The second kappa shape index (κ2) is 3.44. The van der Waals surface area contributed by atoms with E-state index in [1.165, 1.54) is 19.5 Å². The van der Waals surface area contributed by atoms with Crippen LogP contribution in [0.15, 0.2) is 0 Å². The smallest absolute Gasteiger partial charge is 0.0603 e. The number of hydrogen-bond donors (Lipinski definition) is 0. The molecule has 3 heteroatoms. The van der Waals surface area contributed by atoms with Crippen molar-refractivity contribution in [2.24, 2.45) is 0 Å². The van der Waals surface area contributed by atoms with Gasteiger partial charge in [0.2, 0.25) is 0 Å². The molecular formula is C6H14N2S. The maximum atomic E-state index is 2.38. The molecule has 9 heavy (non-hydrogen) atoms. The standard InChI is InChI=1S/C6H14N2S/c1-7-4-3-5-8(6-7)9-2/h3-6H2,1-2H3. The molecule has 2 nitrogen and oxygen atoms in total. The lowest BCUT2D eigenvalue weighted by atomic mass is 10.3. The van der Waals surface area contributed by atoms with Crippen molar-refractivity contribution < 1.29 is 0 Å². The maximum Gasteiger partial charge on any atom is 0.0603 e. The van der Waals surface area contributed by atoms with Crippen LogP contribution in [-0.4, -0.2) is 42.3 Å². The quantitative estimate of drug-likeness (QED) is 0.507. The molecule has 0 aromatic heterocycles. The Kier molecular flexibility index (Phi) is 2.82. The summed E-state index contributed by atoms with van der Waals surface area (Å²) in [5.41, 5.74) is 0. The van der Waals surface area contributed by atoms with Crippen molar-refractivity contribution in [2.45, 2.75) is 6.42 Å². The Hall–Kier alpha value is 0.270. The predicted molar refractivity (Wildman–Crippen MR) is 42.3 cm³/mol. The van der Waals surface area contributed by atoms with Gasteiger partial charge in [0.25, 0.3) is 0 Å². The van der Waals surface area contributed by atoms with E-state index in [2.05, 4.69) is 22.5 Å². The van der Waals surface area contributed by atoms with Crippen LogP contribution in [0, 0.1) is 0 Å². The van der Waals surface area contributed by atoms with E-state index in [9.17, 15) is 0 Å². The normalized spacial score (nSPS) is 24.7. The third kappa shape index (κ3) is 2.16. The molecule has 1 fully saturated rings. The monoisotopic (exact) mass is 146 g/mol. The van der Waals surface area contributed by atoms with Crippen LogP contribution in [0.2, 0.25) is 0 Å². The molecule has 54 valence electrons. The van der Waals surface area contributed by atoms with E-state index < -0.39 is 0 Å². The highest BCUT2D eigenvalue weighted by Crippen LogP contribution is 2.10. The van der Waals surface area contributed by atoms with Crippen LogP contribution in [0.25, 0.3) is 0 Å². The molecule has 0 bridgehead atoms. The van der Waals surface area contributed by atoms with Crippen LogP contribution in [0.4, 0.5) is 0 Å². The van der Waals surface area contributed by atoms with Crippen molar-refractivity contribution in [3.8, 4) is 0 Å². The molecule has 1 aliphatic rings. The molecule has 0 spiro atoms. The first kappa shape index (κ1) is 7.38. The largest absolute Gasteiger partial charge is 0.293 e. The SMILES string of the molecule is CSN1CCCN(C)C1. The van der Waals surface area contributed by atoms with Gasteiger partial charge in [-0.15, -0.1) is 0 Å². The first-order chi connectivity index (χ1) is 4.33. The first-order valence-electron chi connectivity index (χ1n) is 3.30. The van der Waals surface area contributed by atoms with Crippen LogP contribution in [0.1, 0.15) is 6.42 Å². The van der Waals surface area contributed by atoms with Crippen LogP contribution in [0.3, 0.4) is 0 Å². The zero-order chi connectivity index (χ0) is 6.69. The van der Waals surface area contributed by atoms with E-state index in [1.54, 1.807) is 0 Å². The van der Waals surface area contributed by atoms with Gasteiger partial charge in [-0.1, -0.05) is 11.9 Å². The lowest BCUT2D eigenvalue weighted by Crippen LogP contribution is -2.38. The highest BCUT2D eigenvalue weighted by Gasteiger charge is 2.11. The van der Waals surface area contributed by atoms with Crippen LogP contribution < -0.4 is 0 Å². The van der Waals surface area contributed by atoms with Crippen molar-refractivity contribution in [1.82, 2.24) is 9.21 Å². The van der Waals surface area contributed by atoms with Gasteiger partial charge in [-0.2, -0.15) is 0 Å². The summed E-state index contributed by atoms with van der Waals surface area (Å²) < 4.78 is 2.38. The van der Waals surface area contributed by atoms with E-state index in [0.717, 1.165) is 6.67 Å². The molecule has 0 aliphatic carbocycles. The number of nitrogens with zero attached hydrogens (tertiary/aromatic N) is 2. The Morgan fingerprint density at radius 2 is 2.11 bits per heavy atom. The van der Waals surface area contributed by atoms with E-state index in [4.69, 9.17) is 0 Å². The molecule has 0 unspecified atom stereocenters. The summed E-state index contributed by atoms with van der Waals surface area (Å²) in [6.07, 6.45) is 3.45. The van der Waals surface area contributed by atoms with Gasteiger partial charge in [0.15, 0.2) is 0 Å². The highest BCUT2D eigenvalue weighted by molar-refractivity contribution is 7.96. The molecule has 0 aromatic carbocycles. The average Bonchev–Trinajstić information content (AvgIpc) is 1.88. The molecule has 1 rings (SSSR count). The molecule has 0 saturated carbocycles. The Bertz CT molecular complexity index is 87.1. The molecule has 0 amide bonds. The van der Waals surface area contributed by atoms with Crippen molar-refractivity contribution >= 4 is 11.9 Å². The summed E-state index contributed by atoms with van der Waals surface area (Å²) in [5.74, 6) is 0. The van der Waals surface area contributed by atoms with Crippen molar-refractivity contribution in [3.05, 3.63) is 0 Å². The molecule has 1 saturated heterocycles. The molecule has 0 aromatic rings. The molecular weight excluding hydrogens is 132 g/mol. The van der Waals surface area contributed by atoms with Gasteiger partial charge >= 0.3 is 0 Å². The summed E-state index contributed by atoms with van der Waals surface area (Å²) in [5, 5.41) is 0. The summed E-state index contributed by atoms with van der Waals surface area (Å²) >= 11 is 1.84. The van der Waals surface area contributed by atoms with Gasteiger partial charge < -0.3 is 0 Å². The molecule has 1 aliphatic heterocycles. The maximum absolute atomic E-state index is 2.38. The van der Waals surface area contributed by atoms with E-state index >= 15 is 0 Å². The fourth-order valence-corrected chi connectivity index (χ4v) is 1.70.